The summed E-state index contributed by atoms with van der Waals surface area (Å²) in [7, 11) is 0. The van der Waals surface area contributed by atoms with Gasteiger partial charge in [0.2, 0.25) is 5.89 Å². The zero-order chi connectivity index (χ0) is 21.1. The third kappa shape index (κ3) is 4.64. The first kappa shape index (κ1) is 20.4. The molecule has 0 aliphatic heterocycles. The van der Waals surface area contributed by atoms with Crippen molar-refractivity contribution in [2.75, 3.05) is 0 Å². The summed E-state index contributed by atoms with van der Waals surface area (Å²) in [6.45, 7) is 4.01. The molecule has 3 aromatic carbocycles. The maximum Gasteiger partial charge on any atom is 0.277 e. The Balaban J connectivity index is 1.65. The van der Waals surface area contributed by atoms with Crippen molar-refractivity contribution in [3.63, 3.8) is 0 Å². The molecule has 0 amide bonds. The Bertz CT molecular complexity index is 1170. The van der Waals surface area contributed by atoms with E-state index in [-0.39, 0.29) is 5.78 Å². The summed E-state index contributed by atoms with van der Waals surface area (Å²) in [6, 6.07) is 22.7. The summed E-state index contributed by atoms with van der Waals surface area (Å²) in [5.74, 6) is 0.358. The molecule has 0 radical (unpaired) electrons. The second-order valence-corrected chi connectivity index (χ2v) is 8.52. The van der Waals surface area contributed by atoms with Gasteiger partial charge >= 0.3 is 0 Å². The quantitative estimate of drug-likeness (QED) is 0.249. The van der Waals surface area contributed by atoms with Crippen LogP contribution in [0.2, 0.25) is 5.02 Å². The normalized spacial score (nSPS) is 12.0. The largest absolute Gasteiger partial charge is 0.411 e. The average Bonchev–Trinajstić information content (AvgIpc) is 3.22. The predicted molar refractivity (Wildman–Crippen MR) is 120 cm³/mol. The molecule has 1 aromatic heterocycles. The van der Waals surface area contributed by atoms with E-state index in [1.165, 1.54) is 11.8 Å². The van der Waals surface area contributed by atoms with Gasteiger partial charge in [-0.1, -0.05) is 77.3 Å². The van der Waals surface area contributed by atoms with E-state index in [9.17, 15) is 4.79 Å². The molecular formula is C24H19ClN2O2S. The first-order chi connectivity index (χ1) is 14.5. The van der Waals surface area contributed by atoms with Gasteiger partial charge in [0.15, 0.2) is 5.78 Å². The Morgan fingerprint density at radius 3 is 2.27 bits per heavy atom. The molecule has 1 atom stereocenters. The zero-order valence-electron chi connectivity index (χ0n) is 16.5. The predicted octanol–water partition coefficient (Wildman–Crippen LogP) is 6.72. The highest BCUT2D eigenvalue weighted by Gasteiger charge is 2.26. The summed E-state index contributed by atoms with van der Waals surface area (Å²) in [5, 5.41) is 8.69. The molecule has 0 aliphatic carbocycles. The minimum atomic E-state index is -0.499. The number of hydrogen-bond donors (Lipinski definition) is 0. The number of rotatable bonds is 6. The summed E-state index contributed by atoms with van der Waals surface area (Å²) in [4.78, 5) is 13.3. The molecule has 0 saturated heterocycles. The fraction of sp³-hybridized carbons (Fsp3) is 0.125. The van der Waals surface area contributed by atoms with Crippen molar-refractivity contribution in [1.29, 1.82) is 0 Å². The molecular weight excluding hydrogens is 416 g/mol. The van der Waals surface area contributed by atoms with Crippen molar-refractivity contribution >= 4 is 29.1 Å². The SMILES string of the molecule is Cc1ccc(C(=O)C(Sc2nnc(-c3cccc(Cl)c3)o2)c2ccc(C)cc2)cc1. The number of Topliss-reactive ketones (excluding diaryl/α,β-unsaturated/α-hetero) is 1. The van der Waals surface area contributed by atoms with Crippen LogP contribution in [0.4, 0.5) is 0 Å². The molecule has 0 N–H and O–H groups in total. The van der Waals surface area contributed by atoms with E-state index in [1.807, 2.05) is 74.5 Å². The fourth-order valence-electron chi connectivity index (χ4n) is 2.98. The number of ketones is 1. The standard InChI is InChI=1S/C24H19ClN2O2S/c1-15-6-10-17(11-7-15)21(28)22(18-12-8-16(2)9-13-18)30-24-27-26-23(29-24)19-4-3-5-20(25)14-19/h3-14,22H,1-2H3. The van der Waals surface area contributed by atoms with Gasteiger partial charge in [-0.25, -0.2) is 0 Å². The Morgan fingerprint density at radius 1 is 0.933 bits per heavy atom. The van der Waals surface area contributed by atoms with Gasteiger partial charge in [0.25, 0.3) is 5.22 Å². The van der Waals surface area contributed by atoms with Crippen molar-refractivity contribution in [3.05, 3.63) is 100 Å². The first-order valence-electron chi connectivity index (χ1n) is 9.43. The lowest BCUT2D eigenvalue weighted by atomic mass is 10.0. The lowest BCUT2D eigenvalue weighted by Gasteiger charge is -2.14. The number of aromatic nitrogens is 2. The molecule has 4 nitrogen and oxygen atoms in total. The Hall–Kier alpha value is -2.89. The van der Waals surface area contributed by atoms with Crippen molar-refractivity contribution in [1.82, 2.24) is 10.2 Å². The number of thioether (sulfide) groups is 1. The minimum absolute atomic E-state index is 0.00800. The van der Waals surface area contributed by atoms with Crippen molar-refractivity contribution in [3.8, 4) is 11.5 Å². The molecule has 4 aromatic rings. The third-order valence-electron chi connectivity index (χ3n) is 4.65. The van der Waals surface area contributed by atoms with Crippen LogP contribution in [0.5, 0.6) is 0 Å². The highest BCUT2D eigenvalue weighted by molar-refractivity contribution is 8.00. The summed E-state index contributed by atoms with van der Waals surface area (Å²) < 4.78 is 5.84. The second kappa shape index (κ2) is 8.86. The van der Waals surface area contributed by atoms with Crippen LogP contribution in [0, 0.1) is 13.8 Å². The fourth-order valence-corrected chi connectivity index (χ4v) is 4.12. The van der Waals surface area contributed by atoms with Gasteiger partial charge in [-0.2, -0.15) is 0 Å². The molecule has 150 valence electrons. The van der Waals surface area contributed by atoms with Crippen LogP contribution >= 0.6 is 23.4 Å². The number of carbonyl (C=O) groups is 1. The summed E-state index contributed by atoms with van der Waals surface area (Å²) in [5.41, 5.74) is 4.51. The molecule has 30 heavy (non-hydrogen) atoms. The van der Waals surface area contributed by atoms with Gasteiger partial charge in [-0.15, -0.1) is 10.2 Å². The maximum atomic E-state index is 13.3. The van der Waals surface area contributed by atoms with Crippen molar-refractivity contribution < 1.29 is 9.21 Å². The molecule has 6 heteroatoms. The second-order valence-electron chi connectivity index (χ2n) is 7.02. The van der Waals surface area contributed by atoms with E-state index in [4.69, 9.17) is 16.0 Å². The van der Waals surface area contributed by atoms with Crippen LogP contribution in [0.1, 0.15) is 32.3 Å². The number of aryl methyl sites for hydroxylation is 2. The lowest BCUT2D eigenvalue weighted by molar-refractivity contribution is 0.0989. The van der Waals surface area contributed by atoms with E-state index in [0.29, 0.717) is 21.7 Å². The Labute approximate surface area is 184 Å². The zero-order valence-corrected chi connectivity index (χ0v) is 18.1. The molecule has 0 saturated carbocycles. The van der Waals surface area contributed by atoms with Crippen LogP contribution in [-0.4, -0.2) is 16.0 Å². The number of benzene rings is 3. The third-order valence-corrected chi connectivity index (χ3v) is 5.97. The summed E-state index contributed by atoms with van der Waals surface area (Å²) >= 11 is 7.31. The number of nitrogens with zero attached hydrogens (tertiary/aromatic N) is 2. The van der Waals surface area contributed by atoms with Crippen molar-refractivity contribution in [2.24, 2.45) is 0 Å². The van der Waals surface area contributed by atoms with E-state index < -0.39 is 5.25 Å². The van der Waals surface area contributed by atoms with Crippen LogP contribution in [-0.2, 0) is 0 Å². The summed E-state index contributed by atoms with van der Waals surface area (Å²) in [6.07, 6.45) is 0. The van der Waals surface area contributed by atoms with E-state index in [2.05, 4.69) is 10.2 Å². The highest BCUT2D eigenvalue weighted by atomic mass is 35.5. The monoisotopic (exact) mass is 434 g/mol. The van der Waals surface area contributed by atoms with Gasteiger partial charge in [0.05, 0.1) is 0 Å². The van der Waals surface area contributed by atoms with Gasteiger partial charge in [0, 0.05) is 16.1 Å². The molecule has 0 aliphatic rings. The van der Waals surface area contributed by atoms with Crippen molar-refractivity contribution in [2.45, 2.75) is 24.3 Å². The van der Waals surface area contributed by atoms with Gasteiger partial charge < -0.3 is 4.42 Å². The van der Waals surface area contributed by atoms with Gasteiger partial charge in [-0.05, 0) is 49.4 Å². The Morgan fingerprint density at radius 2 is 1.60 bits per heavy atom. The molecule has 0 fully saturated rings. The molecule has 0 spiro atoms. The molecule has 4 rings (SSSR count). The smallest absolute Gasteiger partial charge is 0.277 e. The van der Waals surface area contributed by atoms with E-state index in [1.54, 1.807) is 12.1 Å². The van der Waals surface area contributed by atoms with Gasteiger partial charge in [0.1, 0.15) is 5.25 Å². The molecule has 1 heterocycles. The average molecular weight is 435 g/mol. The number of hydrogen-bond acceptors (Lipinski definition) is 5. The van der Waals surface area contributed by atoms with E-state index >= 15 is 0 Å². The van der Waals surface area contributed by atoms with Crippen LogP contribution in [0.25, 0.3) is 11.5 Å². The van der Waals surface area contributed by atoms with Crippen LogP contribution in [0.3, 0.4) is 0 Å². The van der Waals surface area contributed by atoms with Crippen LogP contribution in [0.15, 0.2) is 82.4 Å². The van der Waals surface area contributed by atoms with E-state index in [0.717, 1.165) is 22.3 Å². The van der Waals surface area contributed by atoms with Crippen LogP contribution < -0.4 is 0 Å². The molecule has 0 bridgehead atoms. The Kier molecular flexibility index (Phi) is 6.02. The number of carbonyl (C=O) groups excluding carboxylic acids is 1. The molecule has 1 unspecified atom stereocenters. The maximum absolute atomic E-state index is 13.3. The number of halogens is 1. The first-order valence-corrected chi connectivity index (χ1v) is 10.7. The van der Waals surface area contributed by atoms with Gasteiger partial charge in [-0.3, -0.25) is 4.79 Å². The topological polar surface area (TPSA) is 56.0 Å². The lowest BCUT2D eigenvalue weighted by Crippen LogP contribution is -2.10. The minimum Gasteiger partial charge on any atom is -0.411 e. The highest BCUT2D eigenvalue weighted by Crippen LogP contribution is 2.38.